The van der Waals surface area contributed by atoms with Crippen molar-refractivity contribution < 1.29 is 17.7 Å². The highest BCUT2D eigenvalue weighted by Crippen LogP contribution is 2.36. The van der Waals surface area contributed by atoms with Crippen LogP contribution in [0.3, 0.4) is 0 Å². The smallest absolute Gasteiger partial charge is 0.399 e. The van der Waals surface area contributed by atoms with E-state index < -0.39 is 28.3 Å². The highest BCUT2D eigenvalue weighted by atomic mass is 32.2. The number of sulfonamides is 1. The van der Waals surface area contributed by atoms with Crippen molar-refractivity contribution in [1.29, 1.82) is 0 Å². The van der Waals surface area contributed by atoms with E-state index in [1.54, 1.807) is 6.07 Å². The van der Waals surface area contributed by atoms with E-state index in [9.17, 15) is 8.42 Å². The van der Waals surface area contributed by atoms with E-state index in [2.05, 4.69) is 4.72 Å². The molecule has 7 heteroatoms. The van der Waals surface area contributed by atoms with Crippen molar-refractivity contribution in [2.45, 2.75) is 45.8 Å². The van der Waals surface area contributed by atoms with E-state index >= 15 is 0 Å². The normalized spacial score (nSPS) is 20.6. The zero-order valence-corrected chi connectivity index (χ0v) is 14.2. The molecule has 1 heterocycles. The molecule has 0 bridgehead atoms. The van der Waals surface area contributed by atoms with Crippen molar-refractivity contribution in [1.82, 2.24) is 0 Å². The van der Waals surface area contributed by atoms with Gasteiger partial charge in [-0.2, -0.15) is 0 Å². The molecule has 2 rings (SSSR count). The van der Waals surface area contributed by atoms with Crippen molar-refractivity contribution in [3.05, 3.63) is 23.8 Å². The minimum atomic E-state index is -3.32. The first-order valence-corrected chi connectivity index (χ1v) is 8.74. The molecule has 1 aromatic rings. The molecule has 0 amide bonds. The molecule has 0 saturated carbocycles. The maximum atomic E-state index is 11.4. The van der Waals surface area contributed by atoms with Crippen LogP contribution in [-0.4, -0.2) is 33.0 Å². The van der Waals surface area contributed by atoms with Crippen LogP contribution in [0, 0.1) is 6.92 Å². The number of hydrogen-bond donors (Lipinski definition) is 1. The monoisotopic (exact) mass is 311 g/mol. The average molecular weight is 311 g/mol. The lowest BCUT2D eigenvalue weighted by molar-refractivity contribution is 0.00578. The molecule has 1 aliphatic heterocycles. The van der Waals surface area contributed by atoms with E-state index in [1.807, 2.05) is 46.8 Å². The zero-order valence-electron chi connectivity index (χ0n) is 13.4. The number of benzene rings is 1. The standard InChI is InChI=1S/C14H22BNO4S/c1-10-7-8-11(9-12(10)16-21(6,17)18)15-19-13(2,3)14(4,5)20-15/h7-9,16H,1-6H3. The molecule has 21 heavy (non-hydrogen) atoms. The van der Waals surface area contributed by atoms with Crippen LogP contribution in [0.1, 0.15) is 33.3 Å². The van der Waals surface area contributed by atoms with Gasteiger partial charge in [0.15, 0.2) is 0 Å². The molecule has 0 radical (unpaired) electrons. The van der Waals surface area contributed by atoms with Gasteiger partial charge in [-0.15, -0.1) is 0 Å². The fourth-order valence-corrected chi connectivity index (χ4v) is 2.69. The Hall–Kier alpha value is -1.05. The Kier molecular flexibility index (Phi) is 3.89. The molecule has 0 aromatic heterocycles. The third-order valence-corrected chi connectivity index (χ3v) is 4.67. The molecule has 0 unspecified atom stereocenters. The second kappa shape index (κ2) is 5.00. The van der Waals surface area contributed by atoms with Crippen LogP contribution in [0.4, 0.5) is 5.69 Å². The highest BCUT2D eigenvalue weighted by Gasteiger charge is 2.51. The lowest BCUT2D eigenvalue weighted by atomic mass is 9.78. The fraction of sp³-hybridized carbons (Fsp3) is 0.571. The van der Waals surface area contributed by atoms with E-state index in [-0.39, 0.29) is 0 Å². The molecular formula is C14H22BNO4S. The van der Waals surface area contributed by atoms with Gasteiger partial charge >= 0.3 is 7.12 Å². The minimum Gasteiger partial charge on any atom is -0.399 e. The highest BCUT2D eigenvalue weighted by molar-refractivity contribution is 7.92. The van der Waals surface area contributed by atoms with Crippen molar-refractivity contribution >= 4 is 28.3 Å². The largest absolute Gasteiger partial charge is 0.494 e. The third kappa shape index (κ3) is 3.41. The molecular weight excluding hydrogens is 289 g/mol. The molecule has 1 aliphatic rings. The van der Waals surface area contributed by atoms with Gasteiger partial charge in [0.05, 0.1) is 23.1 Å². The summed E-state index contributed by atoms with van der Waals surface area (Å²) in [5, 5.41) is 0. The topological polar surface area (TPSA) is 64.6 Å². The Morgan fingerprint density at radius 1 is 1.10 bits per heavy atom. The average Bonchev–Trinajstić information content (AvgIpc) is 2.49. The van der Waals surface area contributed by atoms with Crippen molar-refractivity contribution in [2.24, 2.45) is 0 Å². The van der Waals surface area contributed by atoms with Gasteiger partial charge < -0.3 is 9.31 Å². The Labute approximate surface area is 127 Å². The number of hydrogen-bond acceptors (Lipinski definition) is 4. The second-order valence-corrected chi connectivity index (χ2v) is 8.29. The maximum absolute atomic E-state index is 11.4. The summed E-state index contributed by atoms with van der Waals surface area (Å²) < 4.78 is 37.3. The van der Waals surface area contributed by atoms with Crippen LogP contribution in [0.5, 0.6) is 0 Å². The summed E-state index contributed by atoms with van der Waals surface area (Å²) in [4.78, 5) is 0. The van der Waals surface area contributed by atoms with E-state index in [0.29, 0.717) is 5.69 Å². The molecule has 1 aromatic carbocycles. The Morgan fingerprint density at radius 2 is 1.62 bits per heavy atom. The first-order chi connectivity index (χ1) is 9.41. The van der Waals surface area contributed by atoms with Crippen LogP contribution in [0.15, 0.2) is 18.2 Å². The molecule has 5 nitrogen and oxygen atoms in total. The zero-order chi connectivity index (χ0) is 16.1. The van der Waals surface area contributed by atoms with Gasteiger partial charge in [-0.25, -0.2) is 8.42 Å². The summed E-state index contributed by atoms with van der Waals surface area (Å²) in [6.07, 6.45) is 1.13. The summed E-state index contributed by atoms with van der Waals surface area (Å²) in [7, 11) is -3.82. The Bertz CT molecular complexity index is 639. The van der Waals surface area contributed by atoms with Crippen LogP contribution < -0.4 is 10.2 Å². The number of rotatable bonds is 3. The fourth-order valence-electron chi connectivity index (χ4n) is 2.08. The summed E-state index contributed by atoms with van der Waals surface area (Å²) in [6.45, 7) is 9.78. The van der Waals surface area contributed by atoms with Gasteiger partial charge in [-0.1, -0.05) is 12.1 Å². The minimum absolute atomic E-state index is 0.424. The van der Waals surface area contributed by atoms with Crippen molar-refractivity contribution in [3.63, 3.8) is 0 Å². The first-order valence-electron chi connectivity index (χ1n) is 6.85. The molecule has 0 aliphatic carbocycles. The number of aryl methyl sites for hydroxylation is 1. The predicted octanol–water partition coefficient (Wildman–Crippen LogP) is 1.67. The lowest BCUT2D eigenvalue weighted by Crippen LogP contribution is -2.41. The number of nitrogens with one attached hydrogen (secondary N) is 1. The molecule has 0 spiro atoms. The third-order valence-electron chi connectivity index (χ3n) is 4.08. The molecule has 1 saturated heterocycles. The maximum Gasteiger partial charge on any atom is 0.494 e. The SMILES string of the molecule is Cc1ccc(B2OC(C)(C)C(C)(C)O2)cc1NS(C)(=O)=O. The van der Waals surface area contributed by atoms with Gasteiger partial charge in [-0.3, -0.25) is 4.72 Å². The van der Waals surface area contributed by atoms with Crippen molar-refractivity contribution in [2.75, 3.05) is 11.0 Å². The van der Waals surface area contributed by atoms with Crippen LogP contribution in [0.25, 0.3) is 0 Å². The first kappa shape index (κ1) is 16.3. The van der Waals surface area contributed by atoms with Crippen LogP contribution in [-0.2, 0) is 19.3 Å². The molecule has 0 atom stereocenters. The Balaban J connectivity index is 2.33. The lowest BCUT2D eigenvalue weighted by Gasteiger charge is -2.32. The van der Waals surface area contributed by atoms with Gasteiger partial charge in [-0.05, 0) is 51.7 Å². The quantitative estimate of drug-likeness (QED) is 0.862. The molecule has 116 valence electrons. The Morgan fingerprint density at radius 3 is 2.10 bits per heavy atom. The van der Waals surface area contributed by atoms with Gasteiger partial charge in [0.2, 0.25) is 10.0 Å². The van der Waals surface area contributed by atoms with E-state index in [1.165, 1.54) is 0 Å². The molecule has 1 fully saturated rings. The summed E-state index contributed by atoms with van der Waals surface area (Å²) >= 11 is 0. The van der Waals surface area contributed by atoms with Gasteiger partial charge in [0, 0.05) is 0 Å². The van der Waals surface area contributed by atoms with Gasteiger partial charge in [0.1, 0.15) is 0 Å². The van der Waals surface area contributed by atoms with Crippen molar-refractivity contribution in [3.8, 4) is 0 Å². The summed E-state index contributed by atoms with van der Waals surface area (Å²) in [5.41, 5.74) is 1.34. The number of anilines is 1. The predicted molar refractivity (Wildman–Crippen MR) is 85.4 cm³/mol. The van der Waals surface area contributed by atoms with Crippen LogP contribution >= 0.6 is 0 Å². The summed E-state index contributed by atoms with van der Waals surface area (Å²) in [6, 6.07) is 5.51. The van der Waals surface area contributed by atoms with Crippen LogP contribution in [0.2, 0.25) is 0 Å². The second-order valence-electron chi connectivity index (χ2n) is 6.54. The van der Waals surface area contributed by atoms with Gasteiger partial charge in [0.25, 0.3) is 0 Å². The molecule has 1 N–H and O–H groups in total. The van der Waals surface area contributed by atoms with E-state index in [4.69, 9.17) is 9.31 Å². The van der Waals surface area contributed by atoms with E-state index in [0.717, 1.165) is 17.3 Å². The summed E-state index contributed by atoms with van der Waals surface area (Å²) in [5.74, 6) is 0.